The van der Waals surface area contributed by atoms with Gasteiger partial charge >= 0.3 is 0 Å². The fourth-order valence-electron chi connectivity index (χ4n) is 1.96. The second kappa shape index (κ2) is 8.47. The van der Waals surface area contributed by atoms with Gasteiger partial charge < -0.3 is 15.4 Å². The first-order valence-electron chi connectivity index (χ1n) is 7.30. The minimum atomic E-state index is -0.269. The van der Waals surface area contributed by atoms with E-state index in [1.807, 2.05) is 38.1 Å². The Kier molecular flexibility index (Phi) is 6.60. The minimum Gasteiger partial charge on any atom is -0.489 e. The van der Waals surface area contributed by atoms with Crippen LogP contribution in [-0.4, -0.2) is 18.6 Å². The maximum Gasteiger partial charge on any atom is 0.243 e. The third-order valence-electron chi connectivity index (χ3n) is 2.97. The normalized spacial score (nSPS) is 10.6. The molecule has 0 bridgehead atoms. The van der Waals surface area contributed by atoms with Crippen molar-refractivity contribution in [2.75, 3.05) is 17.2 Å². The van der Waals surface area contributed by atoms with Crippen molar-refractivity contribution in [3.63, 3.8) is 0 Å². The zero-order chi connectivity index (χ0) is 17.7. The molecule has 0 unspecified atom stereocenters. The van der Waals surface area contributed by atoms with Gasteiger partial charge in [0.15, 0.2) is 0 Å². The van der Waals surface area contributed by atoms with Crippen molar-refractivity contribution >= 4 is 52.1 Å². The number of rotatable bonds is 6. The molecule has 2 rings (SSSR count). The molecule has 2 N–H and O–H groups in total. The van der Waals surface area contributed by atoms with Crippen molar-refractivity contribution in [2.45, 2.75) is 20.0 Å². The molecule has 7 heteroatoms. The Morgan fingerprint density at radius 1 is 1.04 bits per heavy atom. The van der Waals surface area contributed by atoms with Crippen molar-refractivity contribution in [2.24, 2.45) is 0 Å². The molecule has 4 nitrogen and oxygen atoms in total. The molecule has 0 aliphatic heterocycles. The smallest absolute Gasteiger partial charge is 0.243 e. The number of amides is 1. The van der Waals surface area contributed by atoms with Gasteiger partial charge in [-0.15, -0.1) is 0 Å². The number of hydrogen-bond donors (Lipinski definition) is 2. The Bertz CT molecular complexity index is 736. The Balaban J connectivity index is 2.00. The van der Waals surface area contributed by atoms with Crippen LogP contribution in [0, 0.1) is 0 Å². The highest BCUT2D eigenvalue weighted by Gasteiger charge is 2.11. The molecular weight excluding hydrogens is 371 g/mol. The molecule has 2 aromatic carbocycles. The lowest BCUT2D eigenvalue weighted by Gasteiger charge is -2.15. The number of anilines is 2. The predicted molar refractivity (Wildman–Crippen MR) is 101 cm³/mol. The SMILES string of the molecule is CC(C)Oc1ccccc1NCC(=O)Nc1cc(Cl)c(Cl)cc1Cl. The Labute approximate surface area is 156 Å². The summed E-state index contributed by atoms with van der Waals surface area (Å²) < 4.78 is 5.70. The van der Waals surface area contributed by atoms with Gasteiger partial charge in [0, 0.05) is 0 Å². The first-order chi connectivity index (χ1) is 11.4. The van der Waals surface area contributed by atoms with Gasteiger partial charge in [-0.05, 0) is 38.1 Å². The number of hydrogen-bond acceptors (Lipinski definition) is 3. The molecule has 128 valence electrons. The Morgan fingerprint density at radius 3 is 2.42 bits per heavy atom. The van der Waals surface area contributed by atoms with Gasteiger partial charge in [-0.1, -0.05) is 46.9 Å². The van der Waals surface area contributed by atoms with E-state index in [1.165, 1.54) is 12.1 Å². The monoisotopic (exact) mass is 386 g/mol. The summed E-state index contributed by atoms with van der Waals surface area (Å²) in [6.07, 6.45) is 0.0387. The van der Waals surface area contributed by atoms with Gasteiger partial charge in [-0.3, -0.25) is 4.79 Å². The van der Waals surface area contributed by atoms with E-state index in [9.17, 15) is 4.79 Å². The number of carbonyl (C=O) groups excluding carboxylic acids is 1. The zero-order valence-corrected chi connectivity index (χ0v) is 15.5. The molecule has 0 heterocycles. The summed E-state index contributed by atoms with van der Waals surface area (Å²) in [6, 6.07) is 10.4. The third-order valence-corrected chi connectivity index (χ3v) is 4.01. The van der Waals surface area contributed by atoms with Gasteiger partial charge in [-0.2, -0.15) is 0 Å². The minimum absolute atomic E-state index is 0.0387. The highest BCUT2D eigenvalue weighted by Crippen LogP contribution is 2.32. The van der Waals surface area contributed by atoms with Crippen LogP contribution < -0.4 is 15.4 Å². The number of carbonyl (C=O) groups is 1. The van der Waals surface area contributed by atoms with Gasteiger partial charge in [0.2, 0.25) is 5.91 Å². The van der Waals surface area contributed by atoms with Gasteiger partial charge in [0.1, 0.15) is 5.75 Å². The van der Waals surface area contributed by atoms with Crippen LogP contribution >= 0.6 is 34.8 Å². The average molecular weight is 388 g/mol. The van der Waals surface area contributed by atoms with Crippen LogP contribution in [0.15, 0.2) is 36.4 Å². The van der Waals surface area contributed by atoms with Crippen LogP contribution in [-0.2, 0) is 4.79 Å². The van der Waals surface area contributed by atoms with Crippen molar-refractivity contribution in [3.8, 4) is 5.75 Å². The van der Waals surface area contributed by atoms with Crippen LogP contribution in [0.2, 0.25) is 15.1 Å². The number of halogens is 3. The molecule has 0 radical (unpaired) electrons. The van der Waals surface area contributed by atoms with Crippen LogP contribution in [0.3, 0.4) is 0 Å². The third kappa shape index (κ3) is 5.20. The summed E-state index contributed by atoms with van der Waals surface area (Å²) in [6.45, 7) is 3.93. The van der Waals surface area contributed by atoms with Crippen LogP contribution in [0.5, 0.6) is 5.75 Å². The fourth-order valence-corrected chi connectivity index (χ4v) is 2.55. The molecule has 2 aromatic rings. The lowest BCUT2D eigenvalue weighted by molar-refractivity contribution is -0.114. The van der Waals surface area contributed by atoms with E-state index in [0.29, 0.717) is 26.5 Å². The topological polar surface area (TPSA) is 50.4 Å². The molecule has 0 aromatic heterocycles. The number of ether oxygens (including phenoxy) is 1. The lowest BCUT2D eigenvalue weighted by atomic mass is 10.2. The molecule has 0 saturated carbocycles. The van der Waals surface area contributed by atoms with E-state index >= 15 is 0 Å². The van der Waals surface area contributed by atoms with E-state index in [4.69, 9.17) is 39.5 Å². The number of benzene rings is 2. The van der Waals surface area contributed by atoms with Crippen molar-refractivity contribution in [1.29, 1.82) is 0 Å². The molecular formula is C17H17Cl3N2O2. The average Bonchev–Trinajstić information content (AvgIpc) is 2.51. The molecule has 0 spiro atoms. The Hall–Kier alpha value is -1.62. The second-order valence-electron chi connectivity index (χ2n) is 5.31. The van der Waals surface area contributed by atoms with Gasteiger partial charge in [-0.25, -0.2) is 0 Å². The van der Waals surface area contributed by atoms with Crippen molar-refractivity contribution in [3.05, 3.63) is 51.5 Å². The highest BCUT2D eigenvalue weighted by molar-refractivity contribution is 6.44. The van der Waals surface area contributed by atoms with Gasteiger partial charge in [0.05, 0.1) is 39.1 Å². The molecule has 0 atom stereocenters. The summed E-state index contributed by atoms with van der Waals surface area (Å²) in [7, 11) is 0. The predicted octanol–water partition coefficient (Wildman–Crippen LogP) is 5.48. The molecule has 24 heavy (non-hydrogen) atoms. The summed E-state index contributed by atoms with van der Waals surface area (Å²) in [5.74, 6) is 0.419. The largest absolute Gasteiger partial charge is 0.489 e. The first-order valence-corrected chi connectivity index (χ1v) is 8.44. The number of para-hydroxylation sites is 2. The van der Waals surface area contributed by atoms with E-state index in [0.717, 1.165) is 5.69 Å². The molecule has 0 aliphatic carbocycles. The summed E-state index contributed by atoms with van der Waals surface area (Å²) in [4.78, 5) is 12.1. The summed E-state index contributed by atoms with van der Waals surface area (Å²) >= 11 is 17.9. The summed E-state index contributed by atoms with van der Waals surface area (Å²) in [5, 5.41) is 6.71. The van der Waals surface area contributed by atoms with Crippen LogP contribution in [0.1, 0.15) is 13.8 Å². The highest BCUT2D eigenvalue weighted by atomic mass is 35.5. The van der Waals surface area contributed by atoms with Crippen LogP contribution in [0.25, 0.3) is 0 Å². The maximum absolute atomic E-state index is 12.1. The molecule has 0 fully saturated rings. The van der Waals surface area contributed by atoms with Crippen molar-refractivity contribution in [1.82, 2.24) is 0 Å². The quantitative estimate of drug-likeness (QED) is 0.645. The summed E-state index contributed by atoms with van der Waals surface area (Å²) in [5.41, 5.74) is 1.14. The lowest BCUT2D eigenvalue weighted by Crippen LogP contribution is -2.22. The van der Waals surface area contributed by atoms with E-state index in [1.54, 1.807) is 0 Å². The van der Waals surface area contributed by atoms with E-state index in [2.05, 4.69) is 10.6 Å². The van der Waals surface area contributed by atoms with Crippen molar-refractivity contribution < 1.29 is 9.53 Å². The standard InChI is InChI=1S/C17H17Cl3N2O2/c1-10(2)24-16-6-4-3-5-14(16)21-9-17(23)22-15-8-12(19)11(18)7-13(15)20/h3-8,10,21H,9H2,1-2H3,(H,22,23). The number of nitrogens with one attached hydrogen (secondary N) is 2. The molecule has 1 amide bonds. The van der Waals surface area contributed by atoms with Crippen LogP contribution in [0.4, 0.5) is 11.4 Å². The fraction of sp³-hybridized carbons (Fsp3) is 0.235. The molecule has 0 saturated heterocycles. The second-order valence-corrected chi connectivity index (χ2v) is 6.53. The van der Waals surface area contributed by atoms with E-state index in [-0.39, 0.29) is 18.6 Å². The molecule has 0 aliphatic rings. The van der Waals surface area contributed by atoms with E-state index < -0.39 is 0 Å². The van der Waals surface area contributed by atoms with Gasteiger partial charge in [0.25, 0.3) is 0 Å². The maximum atomic E-state index is 12.1. The Morgan fingerprint density at radius 2 is 1.71 bits per heavy atom. The zero-order valence-electron chi connectivity index (χ0n) is 13.2. The first kappa shape index (κ1) is 18.7.